The molecule has 5 rings (SSSR count). The second-order valence-electron chi connectivity index (χ2n) is 7.51. The lowest BCUT2D eigenvalue weighted by Crippen LogP contribution is -2.49. The van der Waals surface area contributed by atoms with E-state index in [4.69, 9.17) is 9.97 Å². The minimum atomic E-state index is -0.113. The van der Waals surface area contributed by atoms with E-state index in [0.717, 1.165) is 35.5 Å². The van der Waals surface area contributed by atoms with Crippen LogP contribution in [0.2, 0.25) is 0 Å². The van der Waals surface area contributed by atoms with E-state index in [0.29, 0.717) is 32.1 Å². The predicted molar refractivity (Wildman–Crippen MR) is 102 cm³/mol. The number of nitrogens with one attached hydrogen (secondary N) is 1. The number of hydrogen-bond acceptors (Lipinski definition) is 7. The monoisotopic (exact) mass is 381 g/mol. The third-order valence-corrected chi connectivity index (χ3v) is 5.79. The minimum Gasteiger partial charge on any atom is -0.352 e. The predicted octanol–water partition coefficient (Wildman–Crippen LogP) is 1.10. The van der Waals surface area contributed by atoms with Crippen LogP contribution in [0.1, 0.15) is 48.0 Å². The van der Waals surface area contributed by atoms with Gasteiger partial charge in [0.1, 0.15) is 18.0 Å². The number of hydrogen-bond donors (Lipinski definition) is 1. The molecule has 0 aromatic carbocycles. The molecule has 28 heavy (non-hydrogen) atoms. The van der Waals surface area contributed by atoms with Gasteiger partial charge in [-0.2, -0.15) is 10.2 Å². The van der Waals surface area contributed by atoms with E-state index in [1.165, 1.54) is 19.2 Å². The van der Waals surface area contributed by atoms with Crippen molar-refractivity contribution in [3.05, 3.63) is 24.2 Å². The van der Waals surface area contributed by atoms with E-state index in [-0.39, 0.29) is 11.7 Å². The molecule has 1 aliphatic carbocycles. The van der Waals surface area contributed by atoms with Crippen LogP contribution in [0.5, 0.6) is 0 Å². The van der Waals surface area contributed by atoms with Gasteiger partial charge in [-0.1, -0.05) is 12.8 Å². The summed E-state index contributed by atoms with van der Waals surface area (Å²) in [5.74, 6) is 2.48. The summed E-state index contributed by atoms with van der Waals surface area (Å²) in [6, 6.07) is 0. The molecule has 0 spiro atoms. The van der Waals surface area contributed by atoms with Gasteiger partial charge in [0.2, 0.25) is 5.82 Å². The van der Waals surface area contributed by atoms with E-state index >= 15 is 0 Å². The summed E-state index contributed by atoms with van der Waals surface area (Å²) in [6.07, 6.45) is 8.00. The molecule has 2 aliphatic rings. The zero-order valence-electron chi connectivity index (χ0n) is 15.9. The van der Waals surface area contributed by atoms with Crippen LogP contribution in [0, 0.1) is 0 Å². The standard InChI is InChI=1S/C18H23N9O/c1-25-16-13(10-21-25)17(23-14(22-16)12-4-2-3-5-12)26-6-8-27(9-7-26)18(28)15-19-11-20-24-15/h10-12H,2-9H2,1H3,(H,19,20,24). The normalized spacial score (nSPS) is 18.3. The molecule has 10 heteroatoms. The zero-order valence-corrected chi connectivity index (χ0v) is 15.9. The fraction of sp³-hybridized carbons (Fsp3) is 0.556. The van der Waals surface area contributed by atoms with Crippen molar-refractivity contribution in [3.63, 3.8) is 0 Å². The third-order valence-electron chi connectivity index (χ3n) is 5.79. The molecule has 3 aromatic heterocycles. The SMILES string of the molecule is Cn1ncc2c(N3CCN(C(=O)c4ncn[nH]4)CC3)nc(C3CCCC3)nc21. The van der Waals surface area contributed by atoms with Crippen molar-refractivity contribution in [3.8, 4) is 0 Å². The Morgan fingerprint density at radius 2 is 1.93 bits per heavy atom. The van der Waals surface area contributed by atoms with Crippen molar-refractivity contribution in [1.29, 1.82) is 0 Å². The van der Waals surface area contributed by atoms with Crippen molar-refractivity contribution in [2.24, 2.45) is 7.05 Å². The number of aromatic amines is 1. The van der Waals surface area contributed by atoms with E-state index < -0.39 is 0 Å². The van der Waals surface area contributed by atoms with Crippen molar-refractivity contribution in [2.45, 2.75) is 31.6 Å². The molecule has 1 saturated heterocycles. The number of H-pyrrole nitrogens is 1. The molecule has 1 amide bonds. The fourth-order valence-electron chi connectivity index (χ4n) is 4.21. The Morgan fingerprint density at radius 1 is 1.14 bits per heavy atom. The number of carbonyl (C=O) groups is 1. The van der Waals surface area contributed by atoms with Crippen molar-refractivity contribution in [1.82, 2.24) is 39.8 Å². The van der Waals surface area contributed by atoms with Crippen LogP contribution in [0.25, 0.3) is 11.0 Å². The fourth-order valence-corrected chi connectivity index (χ4v) is 4.21. The van der Waals surface area contributed by atoms with Crippen molar-refractivity contribution in [2.75, 3.05) is 31.1 Å². The average Bonchev–Trinajstić information content (AvgIpc) is 3.49. The van der Waals surface area contributed by atoms with E-state index in [1.54, 1.807) is 4.90 Å². The average molecular weight is 381 g/mol. The maximum absolute atomic E-state index is 12.5. The number of amides is 1. The Hall–Kier alpha value is -3.04. The van der Waals surface area contributed by atoms with Gasteiger partial charge >= 0.3 is 0 Å². The first-order chi connectivity index (χ1) is 13.7. The largest absolute Gasteiger partial charge is 0.352 e. The summed E-state index contributed by atoms with van der Waals surface area (Å²) in [4.78, 5) is 30.3. The van der Waals surface area contributed by atoms with Crippen LogP contribution in [0.4, 0.5) is 5.82 Å². The topological polar surface area (TPSA) is 109 Å². The lowest BCUT2D eigenvalue weighted by Gasteiger charge is -2.35. The number of anilines is 1. The number of nitrogens with zero attached hydrogens (tertiary/aromatic N) is 8. The lowest BCUT2D eigenvalue weighted by atomic mass is 10.1. The Morgan fingerprint density at radius 3 is 2.64 bits per heavy atom. The van der Waals surface area contributed by atoms with Gasteiger partial charge in [0.25, 0.3) is 5.91 Å². The first-order valence-corrected chi connectivity index (χ1v) is 9.80. The van der Waals surface area contributed by atoms with E-state index in [1.807, 2.05) is 17.9 Å². The third kappa shape index (κ3) is 2.88. The van der Waals surface area contributed by atoms with Crippen molar-refractivity contribution < 1.29 is 4.79 Å². The van der Waals surface area contributed by atoms with Crippen LogP contribution in [-0.4, -0.2) is 71.9 Å². The lowest BCUT2D eigenvalue weighted by molar-refractivity contribution is 0.0734. The molecular weight excluding hydrogens is 358 g/mol. The Labute approximate surface area is 162 Å². The number of rotatable bonds is 3. The highest BCUT2D eigenvalue weighted by molar-refractivity contribution is 5.91. The number of aromatic nitrogens is 7. The molecule has 0 bridgehead atoms. The van der Waals surface area contributed by atoms with Gasteiger partial charge in [-0.3, -0.25) is 14.6 Å². The Bertz CT molecular complexity index is 982. The molecular formula is C18H23N9O. The molecule has 1 N–H and O–H groups in total. The number of fused-ring (bicyclic) bond motifs is 1. The molecule has 2 fully saturated rings. The molecule has 0 unspecified atom stereocenters. The molecule has 10 nitrogen and oxygen atoms in total. The maximum Gasteiger partial charge on any atom is 0.291 e. The van der Waals surface area contributed by atoms with E-state index in [2.05, 4.69) is 25.2 Å². The Balaban J connectivity index is 1.41. The van der Waals surface area contributed by atoms with Crippen LogP contribution in [0.15, 0.2) is 12.5 Å². The van der Waals surface area contributed by atoms with Gasteiger partial charge in [0.05, 0.1) is 11.6 Å². The maximum atomic E-state index is 12.5. The summed E-state index contributed by atoms with van der Waals surface area (Å²) in [7, 11) is 1.92. The summed E-state index contributed by atoms with van der Waals surface area (Å²) in [5, 5.41) is 11.8. The molecule has 1 aliphatic heterocycles. The van der Waals surface area contributed by atoms with E-state index in [9.17, 15) is 4.79 Å². The van der Waals surface area contributed by atoms with Gasteiger partial charge < -0.3 is 9.80 Å². The zero-order chi connectivity index (χ0) is 19.1. The summed E-state index contributed by atoms with van der Waals surface area (Å²) < 4.78 is 1.82. The number of carbonyl (C=O) groups excluding carboxylic acids is 1. The summed E-state index contributed by atoms with van der Waals surface area (Å²) in [6.45, 7) is 2.66. The van der Waals surface area contributed by atoms with Crippen LogP contribution in [-0.2, 0) is 7.05 Å². The van der Waals surface area contributed by atoms with Gasteiger partial charge in [0, 0.05) is 39.1 Å². The smallest absolute Gasteiger partial charge is 0.291 e. The molecule has 3 aromatic rings. The van der Waals surface area contributed by atoms with Crippen LogP contribution < -0.4 is 4.90 Å². The van der Waals surface area contributed by atoms with Crippen molar-refractivity contribution >= 4 is 22.8 Å². The van der Waals surface area contributed by atoms with Gasteiger partial charge in [-0.15, -0.1) is 0 Å². The highest BCUT2D eigenvalue weighted by Crippen LogP contribution is 2.35. The summed E-state index contributed by atoms with van der Waals surface area (Å²) >= 11 is 0. The van der Waals surface area contributed by atoms with Crippen LogP contribution >= 0.6 is 0 Å². The first-order valence-electron chi connectivity index (χ1n) is 9.80. The first kappa shape index (κ1) is 17.1. The second kappa shape index (κ2) is 6.84. The number of piperazine rings is 1. The molecule has 0 atom stereocenters. The van der Waals surface area contributed by atoms with Gasteiger partial charge in [-0.05, 0) is 12.8 Å². The molecule has 146 valence electrons. The van der Waals surface area contributed by atoms with Crippen LogP contribution in [0.3, 0.4) is 0 Å². The quantitative estimate of drug-likeness (QED) is 0.723. The Kier molecular flexibility index (Phi) is 4.18. The molecule has 4 heterocycles. The second-order valence-corrected chi connectivity index (χ2v) is 7.51. The summed E-state index contributed by atoms with van der Waals surface area (Å²) in [5.41, 5.74) is 0.882. The van der Waals surface area contributed by atoms with Gasteiger partial charge in [0.15, 0.2) is 5.65 Å². The van der Waals surface area contributed by atoms with Gasteiger partial charge in [-0.25, -0.2) is 15.0 Å². The molecule has 1 saturated carbocycles. The number of aryl methyl sites for hydroxylation is 1. The highest BCUT2D eigenvalue weighted by atomic mass is 16.2. The molecule has 0 radical (unpaired) electrons. The highest BCUT2D eigenvalue weighted by Gasteiger charge is 2.28. The minimum absolute atomic E-state index is 0.113.